The molecule has 0 atom stereocenters. The lowest BCUT2D eigenvalue weighted by Crippen LogP contribution is -1.86. The molecule has 0 spiro atoms. The first-order valence-electron chi connectivity index (χ1n) is 6.07. The second kappa shape index (κ2) is 6.02. The minimum Gasteiger partial charge on any atom is -0.103 e. The second-order valence-corrected chi connectivity index (χ2v) is 4.19. The predicted molar refractivity (Wildman–Crippen MR) is 77.4 cm³/mol. The molecule has 18 heavy (non-hydrogen) atoms. The Morgan fingerprint density at radius 1 is 0.833 bits per heavy atom. The lowest BCUT2D eigenvalue weighted by atomic mass is 9.99. The standard InChI is InChI=1S/C18H16/c1-3-7-15-9-5-11-17(13-15)18-12-6-10-16(14-18)8-4-2/h3-6,11-14H,1-2,7-8H2. The lowest BCUT2D eigenvalue weighted by molar-refractivity contribution is 1.26. The molecular formula is C18H16. The summed E-state index contributed by atoms with van der Waals surface area (Å²) in [6, 6.07) is 18.9. The first-order chi connectivity index (χ1) is 8.83. The summed E-state index contributed by atoms with van der Waals surface area (Å²) >= 11 is 0. The van der Waals surface area contributed by atoms with Crippen molar-refractivity contribution in [2.75, 3.05) is 0 Å². The number of benzene rings is 2. The van der Waals surface area contributed by atoms with Gasteiger partial charge in [-0.1, -0.05) is 48.6 Å². The van der Waals surface area contributed by atoms with E-state index in [-0.39, 0.29) is 0 Å². The number of hydrogen-bond donors (Lipinski definition) is 0. The van der Waals surface area contributed by atoms with Gasteiger partial charge in [0.15, 0.2) is 0 Å². The largest absolute Gasteiger partial charge is 0.103 e. The predicted octanol–water partition coefficient (Wildman–Crippen LogP) is 4.41. The van der Waals surface area contributed by atoms with Gasteiger partial charge in [-0.15, -0.1) is 13.2 Å². The van der Waals surface area contributed by atoms with Crippen molar-refractivity contribution in [2.45, 2.75) is 12.8 Å². The smallest absolute Gasteiger partial charge is 0.00938 e. The molecule has 0 aromatic heterocycles. The van der Waals surface area contributed by atoms with Crippen LogP contribution in [0.2, 0.25) is 0 Å². The van der Waals surface area contributed by atoms with Gasteiger partial charge in [0.2, 0.25) is 0 Å². The van der Waals surface area contributed by atoms with E-state index in [1.54, 1.807) is 0 Å². The SMILES string of the molecule is C=CCc1[c]ccc(-c2cc[c]c(CC=C)c2)c1. The van der Waals surface area contributed by atoms with Gasteiger partial charge in [-0.25, -0.2) is 0 Å². The Hall–Kier alpha value is -2.08. The van der Waals surface area contributed by atoms with Crippen LogP contribution < -0.4 is 0 Å². The third-order valence-corrected chi connectivity index (χ3v) is 2.78. The van der Waals surface area contributed by atoms with E-state index in [1.165, 1.54) is 22.3 Å². The Kier molecular flexibility index (Phi) is 4.14. The summed E-state index contributed by atoms with van der Waals surface area (Å²) in [5.74, 6) is 0. The Balaban J connectivity index is 2.35. The number of hydrogen-bond acceptors (Lipinski definition) is 0. The minimum absolute atomic E-state index is 0.853. The van der Waals surface area contributed by atoms with Gasteiger partial charge in [0.05, 0.1) is 0 Å². The summed E-state index contributed by atoms with van der Waals surface area (Å²) in [6.07, 6.45) is 5.51. The molecule has 0 saturated heterocycles. The molecule has 0 aliphatic heterocycles. The molecule has 2 aromatic carbocycles. The molecule has 0 aliphatic rings. The van der Waals surface area contributed by atoms with Crippen LogP contribution in [0.1, 0.15) is 11.1 Å². The van der Waals surface area contributed by atoms with Gasteiger partial charge in [-0.2, -0.15) is 0 Å². The van der Waals surface area contributed by atoms with Crippen molar-refractivity contribution < 1.29 is 0 Å². The lowest BCUT2D eigenvalue weighted by Gasteiger charge is -2.05. The normalized spacial score (nSPS) is 10.0. The fourth-order valence-corrected chi connectivity index (χ4v) is 1.94. The molecule has 0 heteroatoms. The Labute approximate surface area is 109 Å². The van der Waals surface area contributed by atoms with Crippen LogP contribution in [0.15, 0.2) is 61.7 Å². The fourth-order valence-electron chi connectivity index (χ4n) is 1.94. The molecule has 0 fully saturated rings. The summed E-state index contributed by atoms with van der Waals surface area (Å²) in [5.41, 5.74) is 4.76. The second-order valence-electron chi connectivity index (χ2n) is 4.19. The van der Waals surface area contributed by atoms with E-state index in [1.807, 2.05) is 24.3 Å². The topological polar surface area (TPSA) is 0 Å². The maximum Gasteiger partial charge on any atom is -0.00938 e. The van der Waals surface area contributed by atoms with Crippen molar-refractivity contribution in [1.82, 2.24) is 0 Å². The van der Waals surface area contributed by atoms with Gasteiger partial charge in [0.25, 0.3) is 0 Å². The van der Waals surface area contributed by atoms with Crippen molar-refractivity contribution in [2.24, 2.45) is 0 Å². The average Bonchev–Trinajstić information content (AvgIpc) is 2.40. The molecule has 2 rings (SSSR count). The van der Waals surface area contributed by atoms with Crippen LogP contribution in [0.5, 0.6) is 0 Å². The van der Waals surface area contributed by atoms with Crippen LogP contribution in [-0.4, -0.2) is 0 Å². The van der Waals surface area contributed by atoms with Crippen LogP contribution >= 0.6 is 0 Å². The van der Waals surface area contributed by atoms with Gasteiger partial charge >= 0.3 is 0 Å². The van der Waals surface area contributed by atoms with E-state index in [0.29, 0.717) is 0 Å². The van der Waals surface area contributed by atoms with Crippen molar-refractivity contribution >= 4 is 0 Å². The summed E-state index contributed by atoms with van der Waals surface area (Å²) in [6.45, 7) is 7.52. The van der Waals surface area contributed by atoms with Crippen molar-refractivity contribution in [3.05, 3.63) is 85.0 Å². The van der Waals surface area contributed by atoms with Crippen LogP contribution in [0, 0.1) is 12.1 Å². The molecule has 0 nitrogen and oxygen atoms in total. The van der Waals surface area contributed by atoms with Gasteiger partial charge in [0.1, 0.15) is 0 Å². The van der Waals surface area contributed by atoms with Crippen LogP contribution in [0.25, 0.3) is 11.1 Å². The van der Waals surface area contributed by atoms with E-state index >= 15 is 0 Å². The van der Waals surface area contributed by atoms with E-state index in [2.05, 4.69) is 49.6 Å². The van der Waals surface area contributed by atoms with Crippen molar-refractivity contribution in [3.8, 4) is 11.1 Å². The quantitative estimate of drug-likeness (QED) is 0.670. The zero-order valence-corrected chi connectivity index (χ0v) is 10.4. The molecule has 0 aliphatic carbocycles. The fraction of sp³-hybridized carbons (Fsp3) is 0.111. The van der Waals surface area contributed by atoms with E-state index < -0.39 is 0 Å². The molecular weight excluding hydrogens is 216 g/mol. The minimum atomic E-state index is 0.853. The van der Waals surface area contributed by atoms with Crippen LogP contribution in [-0.2, 0) is 12.8 Å². The van der Waals surface area contributed by atoms with E-state index in [4.69, 9.17) is 0 Å². The molecule has 0 bridgehead atoms. The Bertz CT molecular complexity index is 498. The molecule has 2 radical (unpaired) electrons. The van der Waals surface area contributed by atoms with Gasteiger partial charge in [-0.05, 0) is 47.2 Å². The monoisotopic (exact) mass is 232 g/mol. The maximum absolute atomic E-state index is 3.76. The molecule has 0 saturated carbocycles. The average molecular weight is 232 g/mol. The first-order valence-corrected chi connectivity index (χ1v) is 6.07. The van der Waals surface area contributed by atoms with Gasteiger partial charge < -0.3 is 0 Å². The zero-order chi connectivity index (χ0) is 12.8. The first kappa shape index (κ1) is 12.4. The summed E-state index contributed by atoms with van der Waals surface area (Å²) in [7, 11) is 0. The number of allylic oxidation sites excluding steroid dienone is 2. The van der Waals surface area contributed by atoms with E-state index in [9.17, 15) is 0 Å². The van der Waals surface area contributed by atoms with E-state index in [0.717, 1.165) is 12.8 Å². The molecule has 0 unspecified atom stereocenters. The Morgan fingerprint density at radius 2 is 1.28 bits per heavy atom. The summed E-state index contributed by atoms with van der Waals surface area (Å²) in [5, 5.41) is 0. The van der Waals surface area contributed by atoms with Gasteiger partial charge in [0, 0.05) is 0 Å². The molecule has 0 amide bonds. The highest BCUT2D eigenvalue weighted by molar-refractivity contribution is 5.64. The highest BCUT2D eigenvalue weighted by atomic mass is 14.0. The zero-order valence-electron chi connectivity index (χ0n) is 10.4. The highest BCUT2D eigenvalue weighted by Gasteiger charge is 2.00. The summed E-state index contributed by atoms with van der Waals surface area (Å²) < 4.78 is 0. The van der Waals surface area contributed by atoms with Gasteiger partial charge in [-0.3, -0.25) is 0 Å². The van der Waals surface area contributed by atoms with Crippen molar-refractivity contribution in [3.63, 3.8) is 0 Å². The maximum atomic E-state index is 3.76. The number of rotatable bonds is 5. The highest BCUT2D eigenvalue weighted by Crippen LogP contribution is 2.21. The van der Waals surface area contributed by atoms with Crippen LogP contribution in [0.3, 0.4) is 0 Å². The third-order valence-electron chi connectivity index (χ3n) is 2.78. The molecule has 0 N–H and O–H groups in total. The van der Waals surface area contributed by atoms with Crippen molar-refractivity contribution in [1.29, 1.82) is 0 Å². The Morgan fingerprint density at radius 3 is 1.67 bits per heavy atom. The summed E-state index contributed by atoms with van der Waals surface area (Å²) in [4.78, 5) is 0. The molecule has 88 valence electrons. The third kappa shape index (κ3) is 2.98. The van der Waals surface area contributed by atoms with Crippen LogP contribution in [0.4, 0.5) is 0 Å². The molecule has 2 aromatic rings. The molecule has 0 heterocycles.